The maximum absolute atomic E-state index is 13.3. The number of para-hydroxylation sites is 1. The van der Waals surface area contributed by atoms with E-state index in [-0.39, 0.29) is 17.2 Å². The largest absolute Gasteiger partial charge is 0.317 e. The topological polar surface area (TPSA) is 79.4 Å². The van der Waals surface area contributed by atoms with E-state index in [0.717, 1.165) is 57.4 Å². The molecule has 1 amide bonds. The van der Waals surface area contributed by atoms with Crippen LogP contribution in [0.4, 0.5) is 5.00 Å². The molecule has 0 spiro atoms. The predicted molar refractivity (Wildman–Crippen MR) is 168 cm³/mol. The van der Waals surface area contributed by atoms with E-state index in [1.807, 2.05) is 24.3 Å². The number of hydrogen-bond acceptors (Lipinski definition) is 7. The highest BCUT2D eigenvalue weighted by molar-refractivity contribution is 7.92. The van der Waals surface area contributed by atoms with Gasteiger partial charge in [-0.2, -0.15) is 0 Å². The van der Waals surface area contributed by atoms with Gasteiger partial charge >= 0.3 is 0 Å². The molecule has 1 aliphatic rings. The van der Waals surface area contributed by atoms with Crippen LogP contribution in [-0.4, -0.2) is 36.0 Å². The van der Waals surface area contributed by atoms with Crippen LogP contribution >= 0.6 is 22.7 Å². The lowest BCUT2D eigenvalue weighted by Gasteiger charge is -2.27. The van der Waals surface area contributed by atoms with Gasteiger partial charge in [-0.05, 0) is 61.2 Å². The normalized spacial score (nSPS) is 13.9. The van der Waals surface area contributed by atoms with Gasteiger partial charge in [0.25, 0.3) is 0 Å². The zero-order valence-electron chi connectivity index (χ0n) is 23.0. The van der Waals surface area contributed by atoms with Crippen LogP contribution in [-0.2, 0) is 40.6 Å². The van der Waals surface area contributed by atoms with E-state index in [1.165, 1.54) is 16.0 Å². The fraction of sp³-hybridized carbons (Fsp3) is 0.250. The lowest BCUT2D eigenvalue weighted by molar-refractivity contribution is -0.115. The minimum absolute atomic E-state index is 0.133. The summed E-state index contributed by atoms with van der Waals surface area (Å²) in [5, 5.41) is 4.46. The van der Waals surface area contributed by atoms with Gasteiger partial charge in [-0.3, -0.25) is 9.69 Å². The summed E-state index contributed by atoms with van der Waals surface area (Å²) >= 11 is 3.30. The molecule has 0 saturated heterocycles. The zero-order valence-corrected chi connectivity index (χ0v) is 25.4. The molecule has 6 nitrogen and oxygen atoms in total. The summed E-state index contributed by atoms with van der Waals surface area (Å²) in [6.07, 6.45) is 1.05. The van der Waals surface area contributed by atoms with Crippen molar-refractivity contribution in [2.75, 3.05) is 11.9 Å². The van der Waals surface area contributed by atoms with Gasteiger partial charge in [0.15, 0.2) is 9.84 Å². The van der Waals surface area contributed by atoms with Crippen molar-refractivity contribution in [3.8, 4) is 10.6 Å². The maximum Gasteiger partial charge on any atom is 0.229 e. The van der Waals surface area contributed by atoms with Crippen LogP contribution in [0.2, 0.25) is 0 Å². The number of fused-ring (bicyclic) bond motifs is 2. The Bertz CT molecular complexity index is 1770. The summed E-state index contributed by atoms with van der Waals surface area (Å²) < 4.78 is 26.1. The number of hydrogen-bond donors (Lipinski definition) is 1. The number of thiophene rings is 1. The van der Waals surface area contributed by atoms with Crippen molar-refractivity contribution in [1.29, 1.82) is 0 Å². The van der Waals surface area contributed by atoms with E-state index in [0.29, 0.717) is 0 Å². The molecule has 0 saturated carbocycles. The minimum atomic E-state index is -3.35. The number of nitrogens with one attached hydrogen (secondary N) is 1. The highest BCUT2D eigenvalue weighted by Gasteiger charge is 2.28. The molecule has 3 aromatic carbocycles. The second-order valence-electron chi connectivity index (χ2n) is 10.6. The number of thiazole rings is 1. The van der Waals surface area contributed by atoms with Crippen LogP contribution in [0.1, 0.15) is 35.4 Å². The quantitative estimate of drug-likeness (QED) is 0.208. The molecular weight excluding hydrogens is 571 g/mol. The molecule has 6 rings (SSSR count). The molecular formula is C32H31N3O3S3. The molecule has 0 aliphatic carbocycles. The molecule has 1 aliphatic heterocycles. The number of anilines is 1. The number of carbonyl (C=O) groups is 1. The average molecular weight is 602 g/mol. The monoisotopic (exact) mass is 601 g/mol. The number of aromatic nitrogens is 1. The molecule has 9 heteroatoms. The third kappa shape index (κ3) is 5.85. The lowest BCUT2D eigenvalue weighted by atomic mass is 10.0. The van der Waals surface area contributed by atoms with Gasteiger partial charge in [0.2, 0.25) is 5.91 Å². The van der Waals surface area contributed by atoms with Crippen LogP contribution < -0.4 is 5.32 Å². The summed E-state index contributed by atoms with van der Waals surface area (Å²) in [5.41, 5.74) is 5.33. The van der Waals surface area contributed by atoms with E-state index in [1.54, 1.807) is 60.8 Å². The van der Waals surface area contributed by atoms with Crippen molar-refractivity contribution < 1.29 is 13.2 Å². The van der Waals surface area contributed by atoms with E-state index in [2.05, 4.69) is 40.5 Å². The first-order valence-electron chi connectivity index (χ1n) is 13.7. The van der Waals surface area contributed by atoms with Crippen LogP contribution in [0.15, 0.2) is 83.8 Å². The van der Waals surface area contributed by atoms with E-state index < -0.39 is 15.1 Å². The second kappa shape index (κ2) is 11.5. The molecule has 1 N–H and O–H groups in total. The number of benzene rings is 3. The third-order valence-corrected chi connectivity index (χ3v) is 11.7. The van der Waals surface area contributed by atoms with Crippen LogP contribution in [0.25, 0.3) is 20.8 Å². The van der Waals surface area contributed by atoms with Gasteiger partial charge in [-0.15, -0.1) is 22.7 Å². The Hall–Kier alpha value is -3.37. The van der Waals surface area contributed by atoms with Gasteiger partial charge in [0.1, 0.15) is 10.0 Å². The van der Waals surface area contributed by atoms with Crippen molar-refractivity contribution in [1.82, 2.24) is 9.88 Å². The summed E-state index contributed by atoms with van der Waals surface area (Å²) in [4.78, 5) is 22.2. The van der Waals surface area contributed by atoms with E-state index in [9.17, 15) is 13.2 Å². The Morgan fingerprint density at radius 2 is 1.68 bits per heavy atom. The highest BCUT2D eigenvalue weighted by atomic mass is 32.2. The molecule has 0 atom stereocenters. The Balaban J connectivity index is 1.27. The molecule has 41 heavy (non-hydrogen) atoms. The second-order valence-corrected chi connectivity index (χ2v) is 15.2. The number of nitrogens with zero attached hydrogens (tertiary/aromatic N) is 2. The number of sulfone groups is 1. The molecule has 0 unspecified atom stereocenters. The van der Waals surface area contributed by atoms with Crippen molar-refractivity contribution >= 4 is 53.6 Å². The minimum Gasteiger partial charge on any atom is -0.317 e. The number of amides is 1. The molecule has 2 aromatic heterocycles. The van der Waals surface area contributed by atoms with Crippen LogP contribution in [0, 0.1) is 0 Å². The van der Waals surface area contributed by atoms with Crippen LogP contribution in [0.5, 0.6) is 0 Å². The van der Waals surface area contributed by atoms with Gasteiger partial charge in [-0.25, -0.2) is 13.4 Å². The molecule has 3 heterocycles. The van der Waals surface area contributed by atoms with Gasteiger partial charge in [0, 0.05) is 30.1 Å². The first kappa shape index (κ1) is 27.8. The number of rotatable bonds is 8. The average Bonchev–Trinajstić information content (AvgIpc) is 3.54. The SMILES string of the molecule is CC(C)S(=O)(=O)c1ccc(CC(=O)Nc2sc3c(c2-c2nc4ccccc4s2)CCN(Cc2ccccc2)C3)cc1. The molecule has 5 aromatic rings. The smallest absolute Gasteiger partial charge is 0.229 e. The van der Waals surface area contributed by atoms with Crippen LogP contribution in [0.3, 0.4) is 0 Å². The van der Waals surface area contributed by atoms with Gasteiger partial charge in [0.05, 0.1) is 26.8 Å². The van der Waals surface area contributed by atoms with Crippen molar-refractivity contribution in [2.45, 2.75) is 49.9 Å². The predicted octanol–water partition coefficient (Wildman–Crippen LogP) is 6.95. The Labute approximate surface area is 248 Å². The van der Waals surface area contributed by atoms with E-state index in [4.69, 9.17) is 4.98 Å². The standard InChI is InChI=1S/C32H31N3O3S3/c1-21(2)41(37,38)24-14-12-22(13-15-24)18-29(36)34-32-30(31-33-26-10-6-7-11-27(26)39-31)25-16-17-35(20-28(25)40-32)19-23-8-4-3-5-9-23/h3-15,21H,16-20H2,1-2H3,(H,34,36). The first-order valence-corrected chi connectivity index (χ1v) is 16.9. The lowest BCUT2D eigenvalue weighted by Crippen LogP contribution is -2.29. The molecule has 210 valence electrons. The Kier molecular flexibility index (Phi) is 7.78. The molecule has 0 fully saturated rings. The summed E-state index contributed by atoms with van der Waals surface area (Å²) in [6, 6.07) is 25.3. The molecule has 0 radical (unpaired) electrons. The van der Waals surface area contributed by atoms with Crippen molar-refractivity contribution in [2.24, 2.45) is 0 Å². The fourth-order valence-corrected chi connectivity index (χ4v) is 8.63. The fourth-order valence-electron chi connectivity index (χ4n) is 5.15. The highest BCUT2D eigenvalue weighted by Crippen LogP contribution is 2.46. The zero-order chi connectivity index (χ0) is 28.6. The van der Waals surface area contributed by atoms with Gasteiger partial charge in [-0.1, -0.05) is 54.6 Å². The van der Waals surface area contributed by atoms with E-state index >= 15 is 0 Å². The molecule has 0 bridgehead atoms. The summed E-state index contributed by atoms with van der Waals surface area (Å²) in [6.45, 7) is 5.99. The summed E-state index contributed by atoms with van der Waals surface area (Å²) in [7, 11) is -3.35. The Morgan fingerprint density at radius 3 is 2.41 bits per heavy atom. The Morgan fingerprint density at radius 1 is 0.951 bits per heavy atom. The van der Waals surface area contributed by atoms with Gasteiger partial charge < -0.3 is 5.32 Å². The summed E-state index contributed by atoms with van der Waals surface area (Å²) in [5.74, 6) is -0.133. The first-order chi connectivity index (χ1) is 19.8. The maximum atomic E-state index is 13.3. The number of carbonyl (C=O) groups excluding carboxylic acids is 1. The van der Waals surface area contributed by atoms with Crippen molar-refractivity contribution in [3.63, 3.8) is 0 Å². The third-order valence-electron chi connectivity index (χ3n) is 7.38. The van der Waals surface area contributed by atoms with Crippen molar-refractivity contribution in [3.05, 3.63) is 100 Å².